The van der Waals surface area contributed by atoms with E-state index in [2.05, 4.69) is 44.8 Å². The number of aromatic nitrogens is 3. The van der Waals surface area contributed by atoms with E-state index >= 15 is 0 Å². The average Bonchev–Trinajstić information content (AvgIpc) is 2.96. The van der Waals surface area contributed by atoms with Crippen molar-refractivity contribution >= 4 is 28.2 Å². The van der Waals surface area contributed by atoms with Gasteiger partial charge in [-0.05, 0) is 37.1 Å². The minimum Gasteiger partial charge on any atom is -0.382 e. The molecular weight excluding hydrogens is 292 g/mol. The highest BCUT2D eigenvalue weighted by Crippen LogP contribution is 2.26. The lowest BCUT2D eigenvalue weighted by Crippen LogP contribution is -2.29. The van der Waals surface area contributed by atoms with E-state index in [0.29, 0.717) is 6.04 Å². The van der Waals surface area contributed by atoms with Crippen LogP contribution in [-0.4, -0.2) is 36.9 Å². The fourth-order valence-corrected chi connectivity index (χ4v) is 4.14. The van der Waals surface area contributed by atoms with Crippen molar-refractivity contribution < 1.29 is 4.21 Å². The third-order valence-electron chi connectivity index (χ3n) is 3.22. The first-order valence-corrected chi connectivity index (χ1v) is 8.85. The van der Waals surface area contributed by atoms with E-state index in [1.807, 2.05) is 0 Å². The predicted molar refractivity (Wildman–Crippen MR) is 81.5 cm³/mol. The highest BCUT2D eigenvalue weighted by atomic mass is 32.2. The molecule has 2 aromatic rings. The maximum atomic E-state index is 11.3. The number of rotatable bonds is 4. The van der Waals surface area contributed by atoms with Gasteiger partial charge in [0.25, 0.3) is 0 Å². The lowest BCUT2D eigenvalue weighted by atomic mass is 10.1. The molecule has 1 fully saturated rings. The second-order valence-electron chi connectivity index (χ2n) is 4.68. The predicted octanol–water partition coefficient (Wildman–Crippen LogP) is 2.28. The highest BCUT2D eigenvalue weighted by Gasteiger charge is 2.17. The van der Waals surface area contributed by atoms with Crippen LogP contribution in [0.15, 0.2) is 40.6 Å². The molecule has 1 aliphatic rings. The van der Waals surface area contributed by atoms with E-state index < -0.39 is 10.8 Å². The van der Waals surface area contributed by atoms with E-state index in [0.717, 1.165) is 40.1 Å². The SMILES string of the molecule is O=S1CCC(Nc2ccc(Sc3ncn[nH]3)cc2)CC1. The number of H-pyrrole nitrogens is 1. The Bertz CT molecular complexity index is 561. The van der Waals surface area contributed by atoms with Gasteiger partial charge in [-0.3, -0.25) is 9.31 Å². The van der Waals surface area contributed by atoms with Crippen molar-refractivity contribution in [2.24, 2.45) is 0 Å². The quantitative estimate of drug-likeness (QED) is 0.907. The van der Waals surface area contributed by atoms with Gasteiger partial charge in [-0.1, -0.05) is 11.8 Å². The van der Waals surface area contributed by atoms with Crippen LogP contribution in [0, 0.1) is 0 Å². The summed E-state index contributed by atoms with van der Waals surface area (Å²) in [5.41, 5.74) is 1.12. The molecular formula is C13H16N4OS2. The van der Waals surface area contributed by atoms with Crippen molar-refractivity contribution in [1.29, 1.82) is 0 Å². The summed E-state index contributed by atoms with van der Waals surface area (Å²) in [6.45, 7) is 0. The summed E-state index contributed by atoms with van der Waals surface area (Å²) in [6, 6.07) is 8.72. The number of benzene rings is 1. The Balaban J connectivity index is 1.57. The zero-order chi connectivity index (χ0) is 13.8. The Morgan fingerprint density at radius 2 is 2.00 bits per heavy atom. The van der Waals surface area contributed by atoms with Crippen LogP contribution in [0.3, 0.4) is 0 Å². The van der Waals surface area contributed by atoms with Gasteiger partial charge in [0, 0.05) is 38.9 Å². The second-order valence-corrected chi connectivity index (χ2v) is 7.44. The maximum Gasteiger partial charge on any atom is 0.188 e. The number of aromatic amines is 1. The molecule has 1 aliphatic heterocycles. The summed E-state index contributed by atoms with van der Waals surface area (Å²) in [5.74, 6) is 1.63. The van der Waals surface area contributed by atoms with Crippen LogP contribution in [0.2, 0.25) is 0 Å². The molecule has 1 saturated heterocycles. The molecule has 106 valence electrons. The zero-order valence-electron chi connectivity index (χ0n) is 10.9. The van der Waals surface area contributed by atoms with Gasteiger partial charge in [-0.25, -0.2) is 4.98 Å². The van der Waals surface area contributed by atoms with Crippen LogP contribution in [0.1, 0.15) is 12.8 Å². The van der Waals surface area contributed by atoms with Crippen LogP contribution >= 0.6 is 11.8 Å². The van der Waals surface area contributed by atoms with Crippen LogP contribution in [0.5, 0.6) is 0 Å². The third kappa shape index (κ3) is 3.61. The van der Waals surface area contributed by atoms with Gasteiger partial charge >= 0.3 is 0 Å². The Morgan fingerprint density at radius 3 is 2.65 bits per heavy atom. The summed E-state index contributed by atoms with van der Waals surface area (Å²) in [6.07, 6.45) is 3.48. The average molecular weight is 308 g/mol. The largest absolute Gasteiger partial charge is 0.382 e. The molecule has 2 N–H and O–H groups in total. The Hall–Kier alpha value is -1.34. The highest BCUT2D eigenvalue weighted by molar-refractivity contribution is 7.99. The topological polar surface area (TPSA) is 70.7 Å². The first kappa shape index (κ1) is 13.6. The summed E-state index contributed by atoms with van der Waals surface area (Å²) < 4.78 is 11.3. The van der Waals surface area contributed by atoms with E-state index in [4.69, 9.17) is 0 Å². The second kappa shape index (κ2) is 6.41. The van der Waals surface area contributed by atoms with E-state index in [9.17, 15) is 4.21 Å². The minimum atomic E-state index is -0.601. The fraction of sp³-hybridized carbons (Fsp3) is 0.385. The van der Waals surface area contributed by atoms with Crippen molar-refractivity contribution in [2.75, 3.05) is 16.8 Å². The molecule has 0 atom stereocenters. The van der Waals surface area contributed by atoms with Gasteiger partial charge in [0.15, 0.2) is 5.16 Å². The van der Waals surface area contributed by atoms with Crippen LogP contribution in [0.4, 0.5) is 5.69 Å². The standard InChI is InChI=1S/C13H16N4OS2/c18-20-7-5-11(6-8-20)16-10-1-3-12(4-2-10)19-13-14-9-15-17-13/h1-4,9,11,16H,5-8H2,(H,14,15,17). The molecule has 20 heavy (non-hydrogen) atoms. The number of hydrogen-bond acceptors (Lipinski definition) is 5. The molecule has 0 unspecified atom stereocenters. The zero-order valence-corrected chi connectivity index (χ0v) is 12.5. The van der Waals surface area contributed by atoms with E-state index in [1.165, 1.54) is 6.33 Å². The molecule has 0 radical (unpaired) electrons. The first-order chi connectivity index (χ1) is 9.79. The Labute approximate surface area is 124 Å². The fourth-order valence-electron chi connectivity index (χ4n) is 2.15. The third-order valence-corrected chi connectivity index (χ3v) is 5.50. The van der Waals surface area contributed by atoms with Crippen molar-refractivity contribution in [3.8, 4) is 0 Å². The van der Waals surface area contributed by atoms with Gasteiger partial charge in [0.2, 0.25) is 0 Å². The van der Waals surface area contributed by atoms with Gasteiger partial charge in [0.05, 0.1) is 0 Å². The molecule has 7 heteroatoms. The van der Waals surface area contributed by atoms with Crippen molar-refractivity contribution in [2.45, 2.75) is 28.9 Å². The summed E-state index contributed by atoms with van der Waals surface area (Å²) in [5, 5.41) is 11.0. The molecule has 0 saturated carbocycles. The maximum absolute atomic E-state index is 11.3. The molecule has 0 aliphatic carbocycles. The van der Waals surface area contributed by atoms with Crippen molar-refractivity contribution in [3.05, 3.63) is 30.6 Å². The smallest absolute Gasteiger partial charge is 0.188 e. The number of nitrogens with one attached hydrogen (secondary N) is 2. The van der Waals surface area contributed by atoms with Gasteiger partial charge in [-0.15, -0.1) is 0 Å². The Kier molecular flexibility index (Phi) is 4.37. The van der Waals surface area contributed by atoms with E-state index in [-0.39, 0.29) is 0 Å². The van der Waals surface area contributed by atoms with Crippen molar-refractivity contribution in [1.82, 2.24) is 15.2 Å². The lowest BCUT2D eigenvalue weighted by molar-refractivity contribution is 0.624. The van der Waals surface area contributed by atoms with Crippen LogP contribution < -0.4 is 5.32 Å². The normalized spacial score (nSPS) is 22.6. The molecule has 0 amide bonds. The van der Waals surface area contributed by atoms with Gasteiger partial charge < -0.3 is 5.32 Å². The molecule has 0 spiro atoms. The first-order valence-electron chi connectivity index (χ1n) is 6.54. The summed E-state index contributed by atoms with van der Waals surface area (Å²) in [4.78, 5) is 5.21. The molecule has 3 rings (SSSR count). The van der Waals surface area contributed by atoms with Crippen molar-refractivity contribution in [3.63, 3.8) is 0 Å². The van der Waals surface area contributed by atoms with Gasteiger partial charge in [-0.2, -0.15) is 5.10 Å². The Morgan fingerprint density at radius 1 is 1.25 bits per heavy atom. The molecule has 2 heterocycles. The van der Waals surface area contributed by atoms with E-state index in [1.54, 1.807) is 11.8 Å². The van der Waals surface area contributed by atoms with Gasteiger partial charge in [0.1, 0.15) is 6.33 Å². The summed E-state index contributed by atoms with van der Waals surface area (Å²) >= 11 is 1.55. The molecule has 0 bridgehead atoms. The number of hydrogen-bond donors (Lipinski definition) is 2. The minimum absolute atomic E-state index is 0.445. The number of anilines is 1. The lowest BCUT2D eigenvalue weighted by Gasteiger charge is -2.23. The molecule has 1 aromatic carbocycles. The molecule has 5 nitrogen and oxygen atoms in total. The van der Waals surface area contributed by atoms with Crippen LogP contribution in [0.25, 0.3) is 0 Å². The number of nitrogens with zero attached hydrogens (tertiary/aromatic N) is 2. The summed E-state index contributed by atoms with van der Waals surface area (Å²) in [7, 11) is -0.601. The monoisotopic (exact) mass is 308 g/mol. The van der Waals surface area contributed by atoms with Crippen LogP contribution in [-0.2, 0) is 10.8 Å². The molecule has 1 aromatic heterocycles.